The fourth-order valence-electron chi connectivity index (χ4n) is 4.98. The van der Waals surface area contributed by atoms with Crippen molar-refractivity contribution in [3.63, 3.8) is 0 Å². The summed E-state index contributed by atoms with van der Waals surface area (Å²) in [5.74, 6) is 3.10. The van der Waals surface area contributed by atoms with Gasteiger partial charge in [0.05, 0.1) is 0 Å². The van der Waals surface area contributed by atoms with Crippen LogP contribution in [-0.4, -0.2) is 0 Å². The number of hydrogen-bond donors (Lipinski definition) is 0. The first-order valence-corrected chi connectivity index (χ1v) is 12.6. The number of unbranched alkanes of at least 4 members (excludes halogenated alkanes) is 10. The van der Waals surface area contributed by atoms with Crippen molar-refractivity contribution >= 4 is 0 Å². The van der Waals surface area contributed by atoms with Crippen LogP contribution in [0.2, 0.25) is 0 Å². The zero-order valence-electron chi connectivity index (χ0n) is 19.5. The van der Waals surface area contributed by atoms with Crippen LogP contribution < -0.4 is 0 Å². The van der Waals surface area contributed by atoms with Crippen LogP contribution >= 0.6 is 0 Å². The zero-order valence-corrected chi connectivity index (χ0v) is 19.5. The van der Waals surface area contributed by atoms with Gasteiger partial charge in [-0.15, -0.1) is 6.58 Å². The maximum Gasteiger partial charge on any atom is -0.0351 e. The highest BCUT2D eigenvalue weighted by Crippen LogP contribution is 2.50. The van der Waals surface area contributed by atoms with Crippen LogP contribution in [0.4, 0.5) is 0 Å². The van der Waals surface area contributed by atoms with Crippen molar-refractivity contribution in [3.8, 4) is 0 Å². The second-order valence-corrected chi connectivity index (χ2v) is 10.6. The average molecular weight is 377 g/mol. The Morgan fingerprint density at radius 3 is 2.07 bits per heavy atom. The summed E-state index contributed by atoms with van der Waals surface area (Å²) >= 11 is 0. The summed E-state index contributed by atoms with van der Waals surface area (Å²) in [4.78, 5) is 0. The van der Waals surface area contributed by atoms with E-state index >= 15 is 0 Å². The van der Waals surface area contributed by atoms with Crippen molar-refractivity contribution in [2.45, 2.75) is 137 Å². The fraction of sp³-hybridized carbons (Fsp3) is 0.926. The van der Waals surface area contributed by atoms with Crippen molar-refractivity contribution in [2.75, 3.05) is 0 Å². The molecule has 3 unspecified atom stereocenters. The molecule has 0 saturated heterocycles. The topological polar surface area (TPSA) is 0 Å². The smallest absolute Gasteiger partial charge is 0.0351 e. The predicted octanol–water partition coefficient (Wildman–Crippen LogP) is 9.73. The van der Waals surface area contributed by atoms with E-state index in [4.69, 9.17) is 0 Å². The maximum atomic E-state index is 3.80. The highest BCUT2D eigenvalue weighted by Gasteiger charge is 2.40. The Morgan fingerprint density at radius 2 is 1.48 bits per heavy atom. The molecule has 0 aromatic heterocycles. The monoisotopic (exact) mass is 376 g/mol. The van der Waals surface area contributed by atoms with Gasteiger partial charge < -0.3 is 0 Å². The molecule has 1 rings (SSSR count). The van der Waals surface area contributed by atoms with Crippen molar-refractivity contribution < 1.29 is 0 Å². The van der Waals surface area contributed by atoms with E-state index < -0.39 is 0 Å². The highest BCUT2D eigenvalue weighted by atomic mass is 14.5. The largest absolute Gasteiger partial charge is 0.103 e. The molecule has 1 saturated carbocycles. The van der Waals surface area contributed by atoms with Gasteiger partial charge in [-0.2, -0.15) is 0 Å². The van der Waals surface area contributed by atoms with Gasteiger partial charge in [0.15, 0.2) is 0 Å². The first-order valence-electron chi connectivity index (χ1n) is 12.6. The quantitative estimate of drug-likeness (QED) is 0.155. The van der Waals surface area contributed by atoms with E-state index in [0.717, 1.165) is 17.8 Å². The van der Waals surface area contributed by atoms with Crippen molar-refractivity contribution in [3.05, 3.63) is 12.7 Å². The van der Waals surface area contributed by atoms with Gasteiger partial charge in [0.2, 0.25) is 0 Å². The lowest BCUT2D eigenvalue weighted by atomic mass is 9.81. The van der Waals surface area contributed by atoms with Crippen LogP contribution in [0, 0.1) is 23.2 Å². The Bertz CT molecular complexity index is 353. The molecule has 1 aliphatic carbocycles. The van der Waals surface area contributed by atoms with Crippen LogP contribution in [0.25, 0.3) is 0 Å². The first kappa shape index (κ1) is 24.8. The second-order valence-electron chi connectivity index (χ2n) is 10.6. The molecule has 160 valence electrons. The van der Waals surface area contributed by atoms with E-state index in [0.29, 0.717) is 5.41 Å². The molecule has 3 atom stereocenters. The minimum absolute atomic E-state index is 0.581. The summed E-state index contributed by atoms with van der Waals surface area (Å²) < 4.78 is 0. The summed E-state index contributed by atoms with van der Waals surface area (Å²) in [7, 11) is 0. The van der Waals surface area contributed by atoms with Gasteiger partial charge in [-0.3, -0.25) is 0 Å². The lowest BCUT2D eigenvalue weighted by Gasteiger charge is -2.25. The highest BCUT2D eigenvalue weighted by molar-refractivity contribution is 4.90. The molecular formula is C27H52. The fourth-order valence-corrected chi connectivity index (χ4v) is 4.98. The van der Waals surface area contributed by atoms with Crippen molar-refractivity contribution in [1.82, 2.24) is 0 Å². The van der Waals surface area contributed by atoms with E-state index in [9.17, 15) is 0 Å². The maximum absolute atomic E-state index is 3.80. The van der Waals surface area contributed by atoms with Crippen molar-refractivity contribution in [1.29, 1.82) is 0 Å². The van der Waals surface area contributed by atoms with Crippen LogP contribution in [0.5, 0.6) is 0 Å². The van der Waals surface area contributed by atoms with E-state index in [1.165, 1.54) is 109 Å². The van der Waals surface area contributed by atoms with E-state index in [2.05, 4.69) is 40.3 Å². The van der Waals surface area contributed by atoms with Gasteiger partial charge in [-0.25, -0.2) is 0 Å². The molecular weight excluding hydrogens is 324 g/mol. The van der Waals surface area contributed by atoms with Gasteiger partial charge >= 0.3 is 0 Å². The van der Waals surface area contributed by atoms with Crippen LogP contribution in [-0.2, 0) is 0 Å². The lowest BCUT2D eigenvalue weighted by molar-refractivity contribution is 0.267. The molecule has 1 fully saturated rings. The summed E-state index contributed by atoms with van der Waals surface area (Å²) in [5.41, 5.74) is 0.581. The minimum atomic E-state index is 0.581. The van der Waals surface area contributed by atoms with Gasteiger partial charge in [0, 0.05) is 0 Å². The van der Waals surface area contributed by atoms with E-state index in [1.807, 2.05) is 0 Å². The minimum Gasteiger partial charge on any atom is -0.103 e. The third-order valence-corrected chi connectivity index (χ3v) is 6.90. The Kier molecular flexibility index (Phi) is 13.5. The summed E-state index contributed by atoms with van der Waals surface area (Å²) in [5, 5.41) is 0. The molecule has 0 aromatic carbocycles. The summed E-state index contributed by atoms with van der Waals surface area (Å²) in [6.45, 7) is 13.7. The number of rotatable bonds is 19. The van der Waals surface area contributed by atoms with Crippen molar-refractivity contribution in [2.24, 2.45) is 23.2 Å². The van der Waals surface area contributed by atoms with Crippen LogP contribution in [0.1, 0.15) is 137 Å². The Labute approximate surface area is 173 Å². The molecule has 0 bridgehead atoms. The molecule has 0 heteroatoms. The van der Waals surface area contributed by atoms with Gasteiger partial charge in [0.25, 0.3) is 0 Å². The van der Waals surface area contributed by atoms with Gasteiger partial charge in [-0.1, -0.05) is 104 Å². The zero-order chi connectivity index (χ0) is 20.0. The molecule has 27 heavy (non-hydrogen) atoms. The molecule has 0 aliphatic heterocycles. The molecule has 0 nitrogen and oxygen atoms in total. The number of allylic oxidation sites excluding steroid dienone is 1. The van der Waals surface area contributed by atoms with Gasteiger partial charge in [0.1, 0.15) is 0 Å². The average Bonchev–Trinajstić information content (AvgIpc) is 3.33. The molecule has 0 amide bonds. The standard InChI is InChI=1S/C27H52/c1-6-8-10-11-12-13-14-15-16-17-18-20-27(4,5)23-26-22-25(26)21-24(3)19-9-7-2/h6,24-26H,1,7-23H2,2-5H3. The van der Waals surface area contributed by atoms with Crippen LogP contribution in [0.15, 0.2) is 12.7 Å². The Morgan fingerprint density at radius 1 is 0.889 bits per heavy atom. The molecule has 0 spiro atoms. The normalized spacial score (nSPS) is 20.6. The number of hydrogen-bond acceptors (Lipinski definition) is 0. The molecule has 0 radical (unpaired) electrons. The molecule has 0 aromatic rings. The second kappa shape index (κ2) is 14.7. The summed E-state index contributed by atoms with van der Waals surface area (Å²) in [6, 6.07) is 0. The third kappa shape index (κ3) is 13.5. The lowest BCUT2D eigenvalue weighted by Crippen LogP contribution is -2.13. The molecule has 0 heterocycles. The van der Waals surface area contributed by atoms with E-state index in [1.54, 1.807) is 0 Å². The van der Waals surface area contributed by atoms with Gasteiger partial charge in [-0.05, 0) is 61.7 Å². The van der Waals surface area contributed by atoms with E-state index in [-0.39, 0.29) is 0 Å². The third-order valence-electron chi connectivity index (χ3n) is 6.90. The molecule has 1 aliphatic rings. The predicted molar refractivity (Wildman–Crippen MR) is 124 cm³/mol. The van der Waals surface area contributed by atoms with Crippen LogP contribution in [0.3, 0.4) is 0 Å². The summed E-state index contributed by atoms with van der Waals surface area (Å²) in [6.07, 6.45) is 26.4. The first-order chi connectivity index (χ1) is 13.0. The SMILES string of the molecule is C=CCCCCCCCCCCCC(C)(C)CC1CC1CC(C)CCCC. The Hall–Kier alpha value is -0.260. The molecule has 0 N–H and O–H groups in total. The Balaban J connectivity index is 1.95.